The molecule has 30 heavy (non-hydrogen) atoms. The molecule has 1 aromatic heterocycles. The topological polar surface area (TPSA) is 60.7 Å². The summed E-state index contributed by atoms with van der Waals surface area (Å²) >= 11 is 0. The lowest BCUT2D eigenvalue weighted by molar-refractivity contribution is -0.0493. The summed E-state index contributed by atoms with van der Waals surface area (Å²) < 4.78 is 40.8. The van der Waals surface area contributed by atoms with Crippen molar-refractivity contribution in [2.24, 2.45) is 0 Å². The molecular formula is C23H23F2NO4. The summed E-state index contributed by atoms with van der Waals surface area (Å²) in [5, 5.41) is 2.55. The van der Waals surface area contributed by atoms with Crippen LogP contribution in [0.1, 0.15) is 47.2 Å². The Morgan fingerprint density at radius 2 is 1.80 bits per heavy atom. The van der Waals surface area contributed by atoms with Gasteiger partial charge < -0.3 is 19.2 Å². The van der Waals surface area contributed by atoms with Gasteiger partial charge in [-0.05, 0) is 60.4 Å². The normalized spacial score (nSPS) is 11.0. The monoisotopic (exact) mass is 415 g/mol. The molecule has 5 nitrogen and oxygen atoms in total. The van der Waals surface area contributed by atoms with E-state index in [1.54, 1.807) is 25.1 Å². The average Bonchev–Trinajstić information content (AvgIpc) is 3.18. The third-order valence-corrected chi connectivity index (χ3v) is 4.41. The van der Waals surface area contributed by atoms with Gasteiger partial charge in [0.1, 0.15) is 23.9 Å². The van der Waals surface area contributed by atoms with E-state index in [1.807, 2.05) is 24.3 Å². The molecule has 0 fully saturated rings. The van der Waals surface area contributed by atoms with Crippen molar-refractivity contribution in [3.63, 3.8) is 0 Å². The summed E-state index contributed by atoms with van der Waals surface area (Å²) in [5.41, 5.74) is 2.13. The maximum absolute atomic E-state index is 12.6. The van der Waals surface area contributed by atoms with Gasteiger partial charge in [-0.25, -0.2) is 0 Å². The Morgan fingerprint density at radius 3 is 2.47 bits per heavy atom. The highest BCUT2D eigenvalue weighted by atomic mass is 19.3. The maximum atomic E-state index is 12.6. The Kier molecular flexibility index (Phi) is 6.72. The lowest BCUT2D eigenvalue weighted by atomic mass is 10.0. The highest BCUT2D eigenvalue weighted by Gasteiger charge is 2.16. The molecule has 0 radical (unpaired) electrons. The van der Waals surface area contributed by atoms with Crippen LogP contribution in [-0.2, 0) is 6.61 Å². The predicted octanol–water partition coefficient (Wildman–Crippen LogP) is 6.14. The maximum Gasteiger partial charge on any atom is 0.387 e. The summed E-state index contributed by atoms with van der Waals surface area (Å²) in [6, 6.07) is 15.4. The first-order valence-electron chi connectivity index (χ1n) is 9.50. The number of furan rings is 1. The minimum Gasteiger partial charge on any atom is -0.486 e. The highest BCUT2D eigenvalue weighted by Crippen LogP contribution is 2.28. The van der Waals surface area contributed by atoms with Crippen molar-refractivity contribution < 1.29 is 27.5 Å². The van der Waals surface area contributed by atoms with Crippen LogP contribution >= 0.6 is 0 Å². The summed E-state index contributed by atoms with van der Waals surface area (Å²) in [6.45, 7) is 3.16. The van der Waals surface area contributed by atoms with Gasteiger partial charge in [-0.3, -0.25) is 4.79 Å². The third kappa shape index (κ3) is 5.59. The number of carbonyl (C=O) groups is 1. The van der Waals surface area contributed by atoms with Gasteiger partial charge in [0.15, 0.2) is 5.76 Å². The molecule has 0 aliphatic heterocycles. The van der Waals surface area contributed by atoms with Gasteiger partial charge in [0, 0.05) is 0 Å². The van der Waals surface area contributed by atoms with Crippen molar-refractivity contribution in [1.82, 2.24) is 0 Å². The van der Waals surface area contributed by atoms with E-state index in [0.717, 1.165) is 5.56 Å². The van der Waals surface area contributed by atoms with Crippen LogP contribution in [0.5, 0.6) is 11.5 Å². The second-order valence-electron chi connectivity index (χ2n) is 7.11. The average molecular weight is 415 g/mol. The first kappa shape index (κ1) is 21.4. The van der Waals surface area contributed by atoms with Crippen LogP contribution in [0.3, 0.4) is 0 Å². The zero-order valence-electron chi connectivity index (χ0n) is 16.9. The molecule has 0 saturated carbocycles. The summed E-state index contributed by atoms with van der Waals surface area (Å²) in [7, 11) is 0. The summed E-state index contributed by atoms with van der Waals surface area (Å²) in [5.74, 6) is 0.923. The van der Waals surface area contributed by atoms with Gasteiger partial charge in [-0.15, -0.1) is 0 Å². The van der Waals surface area contributed by atoms with Gasteiger partial charge in [0.05, 0.1) is 5.69 Å². The Bertz CT molecular complexity index is 997. The van der Waals surface area contributed by atoms with Crippen molar-refractivity contribution in [2.45, 2.75) is 39.9 Å². The summed E-state index contributed by atoms with van der Waals surface area (Å²) in [6.07, 6.45) is 0. The van der Waals surface area contributed by atoms with E-state index < -0.39 is 12.5 Å². The summed E-state index contributed by atoms with van der Waals surface area (Å²) in [4.78, 5) is 12.5. The number of aryl methyl sites for hydroxylation is 1. The van der Waals surface area contributed by atoms with Crippen LogP contribution in [-0.4, -0.2) is 12.5 Å². The first-order valence-corrected chi connectivity index (χ1v) is 9.50. The van der Waals surface area contributed by atoms with Crippen LogP contribution in [0.2, 0.25) is 0 Å². The van der Waals surface area contributed by atoms with Crippen LogP contribution in [0, 0.1) is 6.92 Å². The van der Waals surface area contributed by atoms with Crippen molar-refractivity contribution in [2.75, 3.05) is 5.32 Å². The SMILES string of the molecule is Cc1ccc(OC(F)F)c(NC(=O)c2ccc(COc3ccc(C(C)C)cc3)o2)c1. The van der Waals surface area contributed by atoms with Gasteiger partial charge >= 0.3 is 6.61 Å². The van der Waals surface area contributed by atoms with Crippen molar-refractivity contribution in [3.05, 3.63) is 77.2 Å². The fraction of sp³-hybridized carbons (Fsp3) is 0.261. The second-order valence-corrected chi connectivity index (χ2v) is 7.11. The van der Waals surface area contributed by atoms with Gasteiger partial charge in [-0.1, -0.05) is 32.0 Å². The Labute approximate surface area is 173 Å². The molecular weight excluding hydrogens is 392 g/mol. The molecule has 0 spiro atoms. The van der Waals surface area contributed by atoms with E-state index in [2.05, 4.69) is 23.9 Å². The van der Waals surface area contributed by atoms with Crippen LogP contribution in [0.4, 0.5) is 14.5 Å². The number of benzene rings is 2. The molecule has 1 heterocycles. The fourth-order valence-electron chi connectivity index (χ4n) is 2.81. The molecule has 0 bridgehead atoms. The van der Waals surface area contributed by atoms with Crippen molar-refractivity contribution in [1.29, 1.82) is 0 Å². The number of hydrogen-bond donors (Lipinski definition) is 1. The number of anilines is 1. The zero-order valence-corrected chi connectivity index (χ0v) is 16.9. The first-order chi connectivity index (χ1) is 14.3. The molecule has 0 aliphatic carbocycles. The van der Waals surface area contributed by atoms with E-state index in [9.17, 15) is 13.6 Å². The number of carbonyl (C=O) groups excluding carboxylic acids is 1. The standard InChI is InChI=1S/C23H23F2NO4/c1-14(2)16-5-7-17(8-6-16)28-13-18-9-11-21(29-18)22(27)26-19-12-15(3)4-10-20(19)30-23(24)25/h4-12,14,23H,13H2,1-3H3,(H,26,27). The highest BCUT2D eigenvalue weighted by molar-refractivity contribution is 6.03. The number of ether oxygens (including phenoxy) is 2. The zero-order chi connectivity index (χ0) is 21.7. The number of nitrogens with one attached hydrogen (secondary N) is 1. The molecule has 0 aliphatic rings. The number of alkyl halides is 2. The lowest BCUT2D eigenvalue weighted by Gasteiger charge is -2.12. The molecule has 3 rings (SSSR count). The molecule has 0 saturated heterocycles. The fourth-order valence-corrected chi connectivity index (χ4v) is 2.81. The quantitative estimate of drug-likeness (QED) is 0.480. The number of rotatable bonds is 8. The van der Waals surface area contributed by atoms with E-state index in [1.165, 1.54) is 17.7 Å². The molecule has 0 unspecified atom stereocenters. The van der Waals surface area contributed by atoms with Crippen molar-refractivity contribution >= 4 is 11.6 Å². The van der Waals surface area contributed by atoms with Gasteiger partial charge in [0.25, 0.3) is 5.91 Å². The molecule has 1 N–H and O–H groups in total. The molecule has 158 valence electrons. The van der Waals surface area contributed by atoms with Crippen LogP contribution < -0.4 is 14.8 Å². The Hall–Kier alpha value is -3.35. The lowest BCUT2D eigenvalue weighted by Crippen LogP contribution is -2.13. The van der Waals surface area contributed by atoms with Crippen molar-refractivity contribution in [3.8, 4) is 11.5 Å². The molecule has 7 heteroatoms. The Morgan fingerprint density at radius 1 is 1.07 bits per heavy atom. The van der Waals surface area contributed by atoms with E-state index in [-0.39, 0.29) is 23.8 Å². The van der Waals surface area contributed by atoms with Gasteiger partial charge in [0.2, 0.25) is 0 Å². The minimum atomic E-state index is -3.00. The third-order valence-electron chi connectivity index (χ3n) is 4.41. The Balaban J connectivity index is 1.63. The minimum absolute atomic E-state index is 0.0354. The second kappa shape index (κ2) is 9.43. The van der Waals surface area contributed by atoms with Crippen LogP contribution in [0.15, 0.2) is 59.0 Å². The van der Waals surface area contributed by atoms with Crippen LogP contribution in [0.25, 0.3) is 0 Å². The predicted molar refractivity (Wildman–Crippen MR) is 109 cm³/mol. The number of halogens is 2. The molecule has 0 atom stereocenters. The molecule has 1 amide bonds. The van der Waals surface area contributed by atoms with E-state index >= 15 is 0 Å². The van der Waals surface area contributed by atoms with E-state index in [4.69, 9.17) is 9.15 Å². The smallest absolute Gasteiger partial charge is 0.387 e. The number of hydrogen-bond acceptors (Lipinski definition) is 4. The van der Waals surface area contributed by atoms with E-state index in [0.29, 0.717) is 17.4 Å². The number of amides is 1. The molecule has 3 aromatic rings. The molecule has 2 aromatic carbocycles. The van der Waals surface area contributed by atoms with Gasteiger partial charge in [-0.2, -0.15) is 8.78 Å². The largest absolute Gasteiger partial charge is 0.486 e.